The summed E-state index contributed by atoms with van der Waals surface area (Å²) < 4.78 is 4.91. The third-order valence-corrected chi connectivity index (χ3v) is 2.29. The highest BCUT2D eigenvalue weighted by molar-refractivity contribution is 5.80. The second kappa shape index (κ2) is 6.41. The first kappa shape index (κ1) is 11.0. The van der Waals surface area contributed by atoms with Crippen LogP contribution in [0.5, 0.6) is 0 Å². The first-order chi connectivity index (χ1) is 6.83. The minimum absolute atomic E-state index is 0.322. The minimum Gasteiger partial charge on any atom is -0.472 e. The summed E-state index contributed by atoms with van der Waals surface area (Å²) in [7, 11) is 0. The van der Waals surface area contributed by atoms with Crippen molar-refractivity contribution in [2.24, 2.45) is 0 Å². The monoisotopic (exact) mass is 194 g/mol. The van der Waals surface area contributed by atoms with Crippen LogP contribution in [-0.2, 0) is 11.2 Å². The molecule has 0 saturated carbocycles. The van der Waals surface area contributed by atoms with Crippen molar-refractivity contribution < 1.29 is 9.21 Å². The average Bonchev–Trinajstić information content (AvgIpc) is 2.65. The van der Waals surface area contributed by atoms with Crippen LogP contribution in [0.15, 0.2) is 23.0 Å². The first-order valence-electron chi connectivity index (χ1n) is 5.35. The van der Waals surface area contributed by atoms with E-state index >= 15 is 0 Å². The van der Waals surface area contributed by atoms with Crippen molar-refractivity contribution in [1.29, 1.82) is 0 Å². The number of ketones is 1. The molecular formula is C12H18O2. The standard InChI is InChI=1S/C12H18O2/c1-2-3-4-5-6-12(13)9-11-7-8-14-10-11/h7-8,10H,2-6,9H2,1H3. The van der Waals surface area contributed by atoms with Gasteiger partial charge in [-0.1, -0.05) is 26.2 Å². The van der Waals surface area contributed by atoms with Crippen LogP contribution in [0.25, 0.3) is 0 Å². The van der Waals surface area contributed by atoms with Gasteiger partial charge in [-0.05, 0) is 18.1 Å². The van der Waals surface area contributed by atoms with E-state index in [1.165, 1.54) is 19.3 Å². The zero-order chi connectivity index (χ0) is 10.2. The summed E-state index contributed by atoms with van der Waals surface area (Å²) in [5.41, 5.74) is 0.991. The van der Waals surface area contributed by atoms with Crippen LogP contribution in [0.4, 0.5) is 0 Å². The zero-order valence-electron chi connectivity index (χ0n) is 8.79. The van der Waals surface area contributed by atoms with E-state index in [2.05, 4.69) is 6.92 Å². The summed E-state index contributed by atoms with van der Waals surface area (Å²) in [6.07, 6.45) is 9.16. The van der Waals surface area contributed by atoms with Gasteiger partial charge < -0.3 is 4.42 Å². The Balaban J connectivity index is 2.11. The van der Waals surface area contributed by atoms with Crippen molar-refractivity contribution in [2.75, 3.05) is 0 Å². The minimum atomic E-state index is 0.322. The normalized spacial score (nSPS) is 10.4. The van der Waals surface area contributed by atoms with Gasteiger partial charge in [-0.15, -0.1) is 0 Å². The quantitative estimate of drug-likeness (QED) is 0.623. The predicted octanol–water partition coefficient (Wildman–Crippen LogP) is 3.36. The second-order valence-corrected chi connectivity index (χ2v) is 3.66. The van der Waals surface area contributed by atoms with Crippen LogP contribution in [0, 0.1) is 0 Å². The smallest absolute Gasteiger partial charge is 0.137 e. The maximum Gasteiger partial charge on any atom is 0.137 e. The van der Waals surface area contributed by atoms with Crippen molar-refractivity contribution in [3.8, 4) is 0 Å². The first-order valence-corrected chi connectivity index (χ1v) is 5.35. The Hall–Kier alpha value is -1.05. The van der Waals surface area contributed by atoms with Crippen LogP contribution < -0.4 is 0 Å². The van der Waals surface area contributed by atoms with E-state index in [9.17, 15) is 4.79 Å². The van der Waals surface area contributed by atoms with Crippen molar-refractivity contribution in [1.82, 2.24) is 0 Å². The molecule has 0 aliphatic rings. The predicted molar refractivity (Wildman–Crippen MR) is 56.2 cm³/mol. The van der Waals surface area contributed by atoms with Gasteiger partial charge in [0.1, 0.15) is 5.78 Å². The molecule has 2 nitrogen and oxygen atoms in total. The maximum atomic E-state index is 11.4. The lowest BCUT2D eigenvalue weighted by molar-refractivity contribution is -0.118. The molecule has 0 fully saturated rings. The lowest BCUT2D eigenvalue weighted by Crippen LogP contribution is -2.01. The van der Waals surface area contributed by atoms with Gasteiger partial charge in [-0.3, -0.25) is 4.79 Å². The van der Waals surface area contributed by atoms with Crippen molar-refractivity contribution in [2.45, 2.75) is 45.4 Å². The number of carbonyl (C=O) groups is 1. The highest BCUT2D eigenvalue weighted by Crippen LogP contribution is 2.07. The number of hydrogen-bond donors (Lipinski definition) is 0. The van der Waals surface area contributed by atoms with Gasteiger partial charge in [-0.25, -0.2) is 0 Å². The van der Waals surface area contributed by atoms with E-state index in [0.717, 1.165) is 12.0 Å². The molecule has 2 heteroatoms. The molecule has 0 saturated heterocycles. The molecule has 1 heterocycles. The lowest BCUT2D eigenvalue weighted by atomic mass is 10.1. The molecule has 1 aromatic heterocycles. The van der Waals surface area contributed by atoms with Gasteiger partial charge in [0.05, 0.1) is 12.5 Å². The van der Waals surface area contributed by atoms with Gasteiger partial charge in [-0.2, -0.15) is 0 Å². The topological polar surface area (TPSA) is 30.2 Å². The SMILES string of the molecule is CCCCCCC(=O)Cc1ccoc1. The summed E-state index contributed by atoms with van der Waals surface area (Å²) in [5.74, 6) is 0.322. The molecule has 0 atom stereocenters. The summed E-state index contributed by atoms with van der Waals surface area (Å²) in [4.78, 5) is 11.4. The van der Waals surface area contributed by atoms with E-state index < -0.39 is 0 Å². The average molecular weight is 194 g/mol. The van der Waals surface area contributed by atoms with Gasteiger partial charge in [0, 0.05) is 12.8 Å². The molecule has 78 valence electrons. The summed E-state index contributed by atoms with van der Waals surface area (Å²) >= 11 is 0. The molecule has 0 spiro atoms. The Kier molecular flexibility index (Phi) is 5.05. The van der Waals surface area contributed by atoms with Gasteiger partial charge in [0.25, 0.3) is 0 Å². The summed E-state index contributed by atoms with van der Waals surface area (Å²) in [6, 6.07) is 1.85. The Morgan fingerprint density at radius 2 is 2.21 bits per heavy atom. The van der Waals surface area contributed by atoms with Crippen molar-refractivity contribution in [3.63, 3.8) is 0 Å². The van der Waals surface area contributed by atoms with E-state index in [1.54, 1.807) is 12.5 Å². The Labute approximate surface area is 85.3 Å². The highest BCUT2D eigenvalue weighted by Gasteiger charge is 2.03. The Morgan fingerprint density at radius 3 is 2.86 bits per heavy atom. The summed E-state index contributed by atoms with van der Waals surface area (Å²) in [5, 5.41) is 0. The molecule has 0 aliphatic carbocycles. The molecule has 0 bridgehead atoms. The highest BCUT2D eigenvalue weighted by atomic mass is 16.3. The fourth-order valence-electron chi connectivity index (χ4n) is 1.46. The number of Topliss-reactive ketones (excluding diaryl/α,β-unsaturated/α-hetero) is 1. The molecule has 0 radical (unpaired) electrons. The zero-order valence-corrected chi connectivity index (χ0v) is 8.79. The van der Waals surface area contributed by atoms with Crippen LogP contribution in [0.2, 0.25) is 0 Å². The van der Waals surface area contributed by atoms with E-state index in [1.807, 2.05) is 6.07 Å². The van der Waals surface area contributed by atoms with Crippen LogP contribution >= 0.6 is 0 Å². The largest absolute Gasteiger partial charge is 0.472 e. The van der Waals surface area contributed by atoms with Gasteiger partial charge in [0.2, 0.25) is 0 Å². The molecule has 0 aliphatic heterocycles. The lowest BCUT2D eigenvalue weighted by Gasteiger charge is -1.98. The van der Waals surface area contributed by atoms with Crippen LogP contribution in [0.3, 0.4) is 0 Å². The second-order valence-electron chi connectivity index (χ2n) is 3.66. The molecular weight excluding hydrogens is 176 g/mol. The van der Waals surface area contributed by atoms with Gasteiger partial charge in [0.15, 0.2) is 0 Å². The van der Waals surface area contributed by atoms with Crippen molar-refractivity contribution in [3.05, 3.63) is 24.2 Å². The Morgan fingerprint density at radius 1 is 1.36 bits per heavy atom. The fraction of sp³-hybridized carbons (Fsp3) is 0.583. The number of carbonyl (C=O) groups excluding carboxylic acids is 1. The molecule has 14 heavy (non-hydrogen) atoms. The molecule has 0 unspecified atom stereocenters. The number of rotatable bonds is 7. The molecule has 1 rings (SSSR count). The number of unbranched alkanes of at least 4 members (excludes halogenated alkanes) is 3. The van der Waals surface area contributed by atoms with Crippen LogP contribution in [0.1, 0.15) is 44.6 Å². The van der Waals surface area contributed by atoms with E-state index in [-0.39, 0.29) is 0 Å². The Bertz CT molecular complexity index is 249. The van der Waals surface area contributed by atoms with E-state index in [4.69, 9.17) is 4.42 Å². The molecule has 0 amide bonds. The number of hydrogen-bond acceptors (Lipinski definition) is 2. The maximum absolute atomic E-state index is 11.4. The molecule has 1 aromatic rings. The van der Waals surface area contributed by atoms with Crippen LogP contribution in [-0.4, -0.2) is 5.78 Å². The fourth-order valence-corrected chi connectivity index (χ4v) is 1.46. The number of furan rings is 1. The van der Waals surface area contributed by atoms with Gasteiger partial charge >= 0.3 is 0 Å². The molecule has 0 aromatic carbocycles. The molecule has 0 N–H and O–H groups in total. The third kappa shape index (κ3) is 4.26. The third-order valence-electron chi connectivity index (χ3n) is 2.29. The summed E-state index contributed by atoms with van der Waals surface area (Å²) in [6.45, 7) is 2.17. The van der Waals surface area contributed by atoms with E-state index in [0.29, 0.717) is 18.6 Å². The van der Waals surface area contributed by atoms with Crippen molar-refractivity contribution >= 4 is 5.78 Å².